The Labute approximate surface area is 209 Å². The van der Waals surface area contributed by atoms with Gasteiger partial charge in [0.1, 0.15) is 18.0 Å². The Kier molecular flexibility index (Phi) is 10.0. The minimum atomic E-state index is -0.471. The molecule has 0 unspecified atom stereocenters. The first-order valence-corrected chi connectivity index (χ1v) is 11.6. The van der Waals surface area contributed by atoms with Gasteiger partial charge in [-0.2, -0.15) is 0 Å². The molecule has 9 nitrogen and oxygen atoms in total. The van der Waals surface area contributed by atoms with Gasteiger partial charge in [0.05, 0.1) is 0 Å². The summed E-state index contributed by atoms with van der Waals surface area (Å²) in [5.41, 5.74) is -0.471. The topological polar surface area (TPSA) is 105 Å². The Morgan fingerprint density at radius 2 is 1.53 bits per heavy atom. The largest absolute Gasteiger partial charge is 0.444 e. The van der Waals surface area contributed by atoms with E-state index in [1.54, 1.807) is 0 Å². The van der Waals surface area contributed by atoms with Crippen LogP contribution < -0.4 is 16.0 Å². The van der Waals surface area contributed by atoms with Gasteiger partial charge in [0, 0.05) is 25.2 Å². The van der Waals surface area contributed by atoms with E-state index in [0.717, 1.165) is 43.3 Å². The second kappa shape index (κ2) is 12.0. The smallest absolute Gasteiger partial charge is 0.407 e. The zero-order valence-electron chi connectivity index (χ0n) is 20.1. The first kappa shape index (κ1) is 26.7. The van der Waals surface area contributed by atoms with E-state index in [-0.39, 0.29) is 36.1 Å². The third-order valence-corrected chi connectivity index (χ3v) is 6.05. The molecule has 1 heterocycles. The maximum atomic E-state index is 12.0. The number of amides is 1. The molecule has 2 fully saturated rings. The monoisotopic (exact) mass is 561 g/mol. The van der Waals surface area contributed by atoms with Crippen molar-refractivity contribution in [3.8, 4) is 0 Å². The van der Waals surface area contributed by atoms with Crippen LogP contribution in [0.1, 0.15) is 83.8 Å². The molecule has 2 saturated carbocycles. The molecule has 10 heteroatoms. The summed E-state index contributed by atoms with van der Waals surface area (Å²) in [4.78, 5) is 16.9. The summed E-state index contributed by atoms with van der Waals surface area (Å²) in [7, 11) is 1.97. The number of aryl methyl sites for hydroxylation is 1. The lowest BCUT2D eigenvalue weighted by Gasteiger charge is -2.31. The van der Waals surface area contributed by atoms with Crippen molar-refractivity contribution >= 4 is 36.0 Å². The molecule has 3 rings (SSSR count). The fourth-order valence-electron chi connectivity index (χ4n) is 4.18. The molecule has 182 valence electrons. The zero-order valence-corrected chi connectivity index (χ0v) is 22.4. The first-order chi connectivity index (χ1) is 14.7. The minimum Gasteiger partial charge on any atom is -0.444 e. The number of carbonyl (C=O) groups is 1. The van der Waals surface area contributed by atoms with Gasteiger partial charge in [0.15, 0.2) is 11.8 Å². The van der Waals surface area contributed by atoms with Gasteiger partial charge in [-0.25, -0.2) is 9.79 Å². The minimum absolute atomic E-state index is 0. The van der Waals surface area contributed by atoms with Crippen LogP contribution in [0.25, 0.3) is 0 Å². The van der Waals surface area contributed by atoms with Crippen molar-refractivity contribution in [1.82, 2.24) is 30.7 Å². The molecule has 0 aliphatic heterocycles. The highest BCUT2D eigenvalue weighted by atomic mass is 127. The average molecular weight is 562 g/mol. The number of rotatable bonds is 5. The van der Waals surface area contributed by atoms with Crippen molar-refractivity contribution in [2.45, 2.75) is 109 Å². The van der Waals surface area contributed by atoms with E-state index in [4.69, 9.17) is 9.73 Å². The van der Waals surface area contributed by atoms with Gasteiger partial charge >= 0.3 is 6.09 Å². The number of nitrogens with one attached hydrogen (secondary N) is 3. The van der Waals surface area contributed by atoms with Gasteiger partial charge in [-0.3, -0.25) is 0 Å². The van der Waals surface area contributed by atoms with E-state index in [2.05, 4.69) is 26.1 Å². The number of alkyl carbamates (subject to hydrolysis) is 1. The van der Waals surface area contributed by atoms with Crippen molar-refractivity contribution in [3.05, 3.63) is 11.6 Å². The number of carbonyl (C=O) groups excluding carboxylic acids is 1. The summed E-state index contributed by atoms with van der Waals surface area (Å²) in [5.74, 6) is 2.60. The van der Waals surface area contributed by atoms with Gasteiger partial charge in [0.25, 0.3) is 0 Å². The van der Waals surface area contributed by atoms with Crippen molar-refractivity contribution in [3.63, 3.8) is 0 Å². The highest BCUT2D eigenvalue weighted by molar-refractivity contribution is 14.0. The molecule has 32 heavy (non-hydrogen) atoms. The third-order valence-electron chi connectivity index (χ3n) is 6.05. The van der Waals surface area contributed by atoms with E-state index in [1.165, 1.54) is 25.7 Å². The van der Waals surface area contributed by atoms with Crippen LogP contribution in [0.3, 0.4) is 0 Å². The second-order valence-corrected chi connectivity index (χ2v) is 9.85. The predicted octanol–water partition coefficient (Wildman–Crippen LogP) is 3.56. The fourth-order valence-corrected chi connectivity index (χ4v) is 4.18. The fraction of sp³-hybridized carbons (Fsp3) is 0.818. The number of guanidine groups is 1. The van der Waals surface area contributed by atoms with E-state index >= 15 is 0 Å². The lowest BCUT2D eigenvalue weighted by atomic mass is 9.91. The Balaban J connectivity index is 0.00000363. The number of nitrogens with zero attached hydrogens (tertiary/aromatic N) is 4. The maximum Gasteiger partial charge on any atom is 0.407 e. The number of hydrogen-bond acceptors (Lipinski definition) is 5. The lowest BCUT2D eigenvalue weighted by molar-refractivity contribution is 0.0490. The second-order valence-electron chi connectivity index (χ2n) is 9.85. The first-order valence-electron chi connectivity index (χ1n) is 11.6. The van der Waals surface area contributed by atoms with Crippen LogP contribution in [0.2, 0.25) is 0 Å². The zero-order chi connectivity index (χ0) is 22.4. The van der Waals surface area contributed by atoms with Crippen LogP contribution in [0.15, 0.2) is 4.99 Å². The highest BCUT2D eigenvalue weighted by Gasteiger charge is 2.26. The Hall–Kier alpha value is -1.59. The molecule has 0 bridgehead atoms. The van der Waals surface area contributed by atoms with Gasteiger partial charge < -0.3 is 25.3 Å². The van der Waals surface area contributed by atoms with Gasteiger partial charge in [-0.15, -0.1) is 34.2 Å². The highest BCUT2D eigenvalue weighted by Crippen LogP contribution is 2.21. The maximum absolute atomic E-state index is 12.0. The number of halogens is 1. The number of aliphatic imine (C=N–C) groups is 1. The summed E-state index contributed by atoms with van der Waals surface area (Å²) in [6.07, 6.45) is 8.42. The van der Waals surface area contributed by atoms with E-state index < -0.39 is 5.60 Å². The molecule has 1 amide bonds. The molecule has 2 aliphatic rings. The van der Waals surface area contributed by atoms with E-state index in [0.29, 0.717) is 18.6 Å². The normalized spacial score (nSPS) is 22.2. The Bertz CT molecular complexity index is 761. The summed E-state index contributed by atoms with van der Waals surface area (Å²) >= 11 is 0. The Morgan fingerprint density at radius 1 is 1.00 bits per heavy atom. The standard InChI is InChI=1S/C22H39N7O2.HI/c1-15-27-28-19(29(15)5)14-23-20(24-16-8-6-7-9-16)25-17-10-12-18(13-11-17)26-21(30)31-22(2,3)4;/h16-18H,6-14H2,1-5H3,(H,26,30)(H2,23,24,25);1H. The molecule has 0 spiro atoms. The quantitative estimate of drug-likeness (QED) is 0.289. The van der Waals surface area contributed by atoms with Crippen molar-refractivity contribution < 1.29 is 9.53 Å². The van der Waals surface area contributed by atoms with Crippen LogP contribution in [0.5, 0.6) is 0 Å². The summed E-state index contributed by atoms with van der Waals surface area (Å²) in [6, 6.07) is 0.987. The summed E-state index contributed by atoms with van der Waals surface area (Å²) in [5, 5.41) is 18.6. The van der Waals surface area contributed by atoms with Gasteiger partial charge in [-0.05, 0) is 66.2 Å². The van der Waals surface area contributed by atoms with Crippen LogP contribution in [0, 0.1) is 6.92 Å². The van der Waals surface area contributed by atoms with Crippen LogP contribution >= 0.6 is 24.0 Å². The van der Waals surface area contributed by atoms with E-state index in [1.807, 2.05) is 39.3 Å². The van der Waals surface area contributed by atoms with Gasteiger partial charge in [0.2, 0.25) is 0 Å². The lowest BCUT2D eigenvalue weighted by Crippen LogP contribution is -2.49. The van der Waals surface area contributed by atoms with Crippen LogP contribution in [0.4, 0.5) is 4.79 Å². The Morgan fingerprint density at radius 3 is 2.03 bits per heavy atom. The number of aromatic nitrogens is 3. The number of ether oxygens (including phenoxy) is 1. The molecule has 0 radical (unpaired) electrons. The molecule has 3 N–H and O–H groups in total. The van der Waals surface area contributed by atoms with Gasteiger partial charge in [-0.1, -0.05) is 12.8 Å². The molecule has 1 aromatic heterocycles. The molecule has 0 atom stereocenters. The van der Waals surface area contributed by atoms with Crippen LogP contribution in [-0.2, 0) is 18.3 Å². The molecule has 0 aromatic carbocycles. The summed E-state index contributed by atoms with van der Waals surface area (Å²) in [6.45, 7) is 8.09. The van der Waals surface area contributed by atoms with Crippen molar-refractivity contribution in [2.24, 2.45) is 12.0 Å². The molecular weight excluding hydrogens is 521 g/mol. The van der Waals surface area contributed by atoms with Crippen molar-refractivity contribution in [1.29, 1.82) is 0 Å². The average Bonchev–Trinajstić information content (AvgIpc) is 3.30. The molecular formula is C22H40IN7O2. The molecule has 2 aliphatic carbocycles. The third kappa shape index (κ3) is 8.40. The predicted molar refractivity (Wildman–Crippen MR) is 136 cm³/mol. The molecule has 0 saturated heterocycles. The summed E-state index contributed by atoms with van der Waals surface area (Å²) < 4.78 is 7.36. The molecule has 1 aromatic rings. The van der Waals surface area contributed by atoms with E-state index in [9.17, 15) is 4.79 Å². The van der Waals surface area contributed by atoms with Crippen molar-refractivity contribution in [2.75, 3.05) is 0 Å². The van der Waals surface area contributed by atoms with Crippen LogP contribution in [-0.4, -0.2) is 50.5 Å². The number of hydrogen-bond donors (Lipinski definition) is 3. The SMILES string of the molecule is Cc1nnc(CN=C(NC2CCCC2)NC2CCC(NC(=O)OC(C)(C)C)CC2)n1C.I.